The molecule has 4 rings (SSSR count). The molecule has 170 valence electrons. The van der Waals surface area contributed by atoms with E-state index in [0.717, 1.165) is 27.9 Å². The number of hydrogen-bond donors (Lipinski definition) is 2. The topological polar surface area (TPSA) is 76.0 Å². The third-order valence-corrected chi connectivity index (χ3v) is 5.18. The molecule has 2 N–H and O–H groups in total. The van der Waals surface area contributed by atoms with Crippen molar-refractivity contribution in [2.24, 2.45) is 0 Å². The summed E-state index contributed by atoms with van der Waals surface area (Å²) >= 11 is 0. The van der Waals surface area contributed by atoms with Crippen LogP contribution in [0.5, 0.6) is 0 Å². The number of aromatic nitrogens is 2. The molecular weight excluding hydrogens is 424 g/mol. The Morgan fingerprint density at radius 2 is 1.50 bits per heavy atom. The number of nitrogens with one attached hydrogen (secondary N) is 2. The van der Waals surface area contributed by atoms with E-state index < -0.39 is 0 Å². The van der Waals surface area contributed by atoms with Crippen molar-refractivity contribution in [2.75, 3.05) is 0 Å². The van der Waals surface area contributed by atoms with Crippen molar-refractivity contribution in [1.82, 2.24) is 20.4 Å². The van der Waals surface area contributed by atoms with Crippen LogP contribution in [0, 0.1) is 0 Å². The minimum atomic E-state index is -0.367. The molecule has 6 heteroatoms. The molecule has 0 radical (unpaired) electrons. The molecule has 0 fully saturated rings. The van der Waals surface area contributed by atoms with Gasteiger partial charge in [-0.1, -0.05) is 91.0 Å². The highest BCUT2D eigenvalue weighted by Gasteiger charge is 2.15. The largest absolute Gasteiger partial charge is 0.347 e. The summed E-state index contributed by atoms with van der Waals surface area (Å²) in [6, 6.07) is 29.4. The van der Waals surface area contributed by atoms with Crippen LogP contribution in [0.1, 0.15) is 23.6 Å². The average molecular weight is 451 g/mol. The summed E-state index contributed by atoms with van der Waals surface area (Å²) in [4.78, 5) is 24.7. The summed E-state index contributed by atoms with van der Waals surface area (Å²) in [6.45, 7) is 2.27. The first-order valence-corrected chi connectivity index (χ1v) is 11.1. The Bertz CT molecular complexity index is 1280. The lowest BCUT2D eigenvalue weighted by molar-refractivity contribution is -0.122. The van der Waals surface area contributed by atoms with Gasteiger partial charge in [-0.15, -0.1) is 0 Å². The number of amides is 2. The fraction of sp³-hybridized carbons (Fsp3) is 0.107. The highest BCUT2D eigenvalue weighted by Crippen LogP contribution is 2.22. The number of carbonyl (C=O) groups excluding carboxylic acids is 2. The lowest BCUT2D eigenvalue weighted by Crippen LogP contribution is -2.33. The second-order valence-electron chi connectivity index (χ2n) is 7.88. The number of nitrogens with zero attached hydrogens (tertiary/aromatic N) is 2. The smallest absolute Gasteiger partial charge is 0.268 e. The van der Waals surface area contributed by atoms with Gasteiger partial charge in [0.2, 0.25) is 5.91 Å². The van der Waals surface area contributed by atoms with Crippen molar-refractivity contribution in [1.29, 1.82) is 0 Å². The number of benzene rings is 3. The zero-order valence-corrected chi connectivity index (χ0v) is 18.9. The Kier molecular flexibility index (Phi) is 7.30. The summed E-state index contributed by atoms with van der Waals surface area (Å²) in [5, 5.41) is 10.4. The normalized spacial score (nSPS) is 11.1. The molecule has 2 amide bonds. The second kappa shape index (κ2) is 10.9. The van der Waals surface area contributed by atoms with Crippen molar-refractivity contribution in [3.05, 3.63) is 120 Å². The Balaban J connectivity index is 1.57. The zero-order valence-electron chi connectivity index (χ0n) is 18.9. The molecule has 0 saturated heterocycles. The van der Waals surface area contributed by atoms with Gasteiger partial charge < -0.3 is 10.6 Å². The summed E-state index contributed by atoms with van der Waals surface area (Å²) in [5.74, 6) is -0.674. The van der Waals surface area contributed by atoms with E-state index >= 15 is 0 Å². The van der Waals surface area contributed by atoms with Crippen LogP contribution in [0.15, 0.2) is 103 Å². The van der Waals surface area contributed by atoms with E-state index in [2.05, 4.69) is 22.8 Å². The molecule has 0 saturated carbocycles. The van der Waals surface area contributed by atoms with Gasteiger partial charge in [0.1, 0.15) is 5.70 Å². The van der Waals surface area contributed by atoms with Crippen molar-refractivity contribution < 1.29 is 9.59 Å². The minimum absolute atomic E-state index is 0.191. The second-order valence-corrected chi connectivity index (χ2v) is 7.88. The first kappa shape index (κ1) is 22.7. The van der Waals surface area contributed by atoms with E-state index in [0.29, 0.717) is 6.54 Å². The van der Waals surface area contributed by atoms with Crippen molar-refractivity contribution in [2.45, 2.75) is 20.0 Å². The molecule has 0 atom stereocenters. The molecule has 1 heterocycles. The van der Waals surface area contributed by atoms with Crippen LogP contribution in [0.25, 0.3) is 17.3 Å². The van der Waals surface area contributed by atoms with E-state index in [4.69, 9.17) is 5.10 Å². The van der Waals surface area contributed by atoms with Gasteiger partial charge in [0.25, 0.3) is 5.91 Å². The molecule has 0 aliphatic rings. The molecule has 34 heavy (non-hydrogen) atoms. The van der Waals surface area contributed by atoms with Crippen LogP contribution in [0.3, 0.4) is 0 Å². The predicted molar refractivity (Wildman–Crippen MR) is 133 cm³/mol. The molecule has 6 nitrogen and oxygen atoms in total. The molecular formula is C28H26N4O2. The first-order valence-electron chi connectivity index (χ1n) is 11.1. The third-order valence-electron chi connectivity index (χ3n) is 5.18. The maximum Gasteiger partial charge on any atom is 0.268 e. The first-order chi connectivity index (χ1) is 16.6. The molecule has 4 aromatic rings. The molecule has 0 bridgehead atoms. The van der Waals surface area contributed by atoms with Gasteiger partial charge in [-0.05, 0) is 17.2 Å². The molecule has 0 spiro atoms. The van der Waals surface area contributed by atoms with Crippen molar-refractivity contribution >= 4 is 17.9 Å². The minimum Gasteiger partial charge on any atom is -0.347 e. The van der Waals surface area contributed by atoms with Gasteiger partial charge >= 0.3 is 0 Å². The molecule has 1 aromatic heterocycles. The molecule has 0 unspecified atom stereocenters. The SMILES string of the molecule is CC(=O)N/C(=C\c1ccccc1)C(=O)NCc1cn(Cc2ccccc2)nc1-c1ccccc1. The van der Waals surface area contributed by atoms with Crippen LogP contribution in [-0.2, 0) is 22.7 Å². The molecule has 0 aliphatic heterocycles. The predicted octanol–water partition coefficient (Wildman–Crippen LogP) is 4.39. The summed E-state index contributed by atoms with van der Waals surface area (Å²) in [6.07, 6.45) is 3.61. The zero-order chi connectivity index (χ0) is 23.8. The highest BCUT2D eigenvalue weighted by atomic mass is 16.2. The maximum absolute atomic E-state index is 13.0. The van der Waals surface area contributed by atoms with Crippen LogP contribution < -0.4 is 10.6 Å². The summed E-state index contributed by atoms with van der Waals surface area (Å²) in [7, 11) is 0. The van der Waals surface area contributed by atoms with Crippen LogP contribution in [0.4, 0.5) is 0 Å². The molecule has 0 aliphatic carbocycles. The van der Waals surface area contributed by atoms with E-state index in [1.165, 1.54) is 6.92 Å². The monoisotopic (exact) mass is 450 g/mol. The van der Waals surface area contributed by atoms with E-state index in [1.807, 2.05) is 89.7 Å². The highest BCUT2D eigenvalue weighted by molar-refractivity contribution is 6.00. The fourth-order valence-corrected chi connectivity index (χ4v) is 3.62. The molecule has 3 aromatic carbocycles. The maximum atomic E-state index is 13.0. The Hall–Kier alpha value is -4.45. The quantitative estimate of drug-likeness (QED) is 0.391. The van der Waals surface area contributed by atoms with E-state index in [1.54, 1.807) is 6.08 Å². The van der Waals surface area contributed by atoms with Crippen LogP contribution in [0.2, 0.25) is 0 Å². The van der Waals surface area contributed by atoms with Gasteiger partial charge in [-0.3, -0.25) is 14.3 Å². The summed E-state index contributed by atoms with van der Waals surface area (Å²) in [5.41, 5.74) is 4.82. The summed E-state index contributed by atoms with van der Waals surface area (Å²) < 4.78 is 1.88. The van der Waals surface area contributed by atoms with Gasteiger partial charge in [0.05, 0.1) is 12.2 Å². The standard InChI is InChI=1S/C28H26N4O2/c1-21(33)30-26(17-22-11-5-2-6-12-22)28(34)29-18-25-20-32(19-23-13-7-3-8-14-23)31-27(25)24-15-9-4-10-16-24/h2-17,20H,18-19H2,1H3,(H,29,34)(H,30,33)/b26-17-. The van der Waals surface area contributed by atoms with Gasteiger partial charge in [0.15, 0.2) is 0 Å². The van der Waals surface area contributed by atoms with E-state index in [9.17, 15) is 9.59 Å². The lowest BCUT2D eigenvalue weighted by Gasteiger charge is -2.10. The van der Waals surface area contributed by atoms with Crippen molar-refractivity contribution in [3.63, 3.8) is 0 Å². The number of carbonyl (C=O) groups is 2. The van der Waals surface area contributed by atoms with Gasteiger partial charge in [-0.25, -0.2) is 0 Å². The number of hydrogen-bond acceptors (Lipinski definition) is 3. The number of rotatable bonds is 8. The third kappa shape index (κ3) is 6.07. The average Bonchev–Trinajstić information content (AvgIpc) is 3.26. The van der Waals surface area contributed by atoms with Crippen LogP contribution >= 0.6 is 0 Å². The lowest BCUT2D eigenvalue weighted by atomic mass is 10.1. The van der Waals surface area contributed by atoms with Crippen molar-refractivity contribution in [3.8, 4) is 11.3 Å². The van der Waals surface area contributed by atoms with Crippen LogP contribution in [-0.4, -0.2) is 21.6 Å². The van der Waals surface area contributed by atoms with E-state index in [-0.39, 0.29) is 24.1 Å². The Morgan fingerprint density at radius 1 is 0.882 bits per heavy atom. The van der Waals surface area contributed by atoms with Gasteiger partial charge in [0, 0.05) is 30.8 Å². The Morgan fingerprint density at radius 3 is 2.15 bits per heavy atom. The Labute approximate surface area is 198 Å². The fourth-order valence-electron chi connectivity index (χ4n) is 3.62. The van der Waals surface area contributed by atoms with Gasteiger partial charge in [-0.2, -0.15) is 5.10 Å².